The van der Waals surface area contributed by atoms with Gasteiger partial charge in [-0.25, -0.2) is 0 Å². The maximum atomic E-state index is 11.8. The summed E-state index contributed by atoms with van der Waals surface area (Å²) in [5.41, 5.74) is 6.68. The van der Waals surface area contributed by atoms with Gasteiger partial charge in [-0.1, -0.05) is 12.1 Å². The Morgan fingerprint density at radius 1 is 1.38 bits per heavy atom. The number of aromatic nitrogens is 1. The summed E-state index contributed by atoms with van der Waals surface area (Å²) in [6, 6.07) is 8.32. The number of nitrogens with one attached hydrogen (secondary N) is 1. The van der Waals surface area contributed by atoms with Crippen molar-refractivity contribution in [3.05, 3.63) is 51.2 Å². The number of anilines is 1. The second-order valence-corrected chi connectivity index (χ2v) is 5.97. The number of pyridine rings is 1. The molecular formula is C14H13Br2N3O2. The Morgan fingerprint density at radius 3 is 2.71 bits per heavy atom. The Hall–Kier alpha value is -1.60. The molecule has 3 N–H and O–H groups in total. The van der Waals surface area contributed by atoms with Crippen LogP contribution in [0.5, 0.6) is 5.75 Å². The summed E-state index contributed by atoms with van der Waals surface area (Å²) >= 11 is 6.72. The molecule has 2 rings (SSSR count). The molecular weight excluding hydrogens is 402 g/mol. The standard InChI is InChI=1S/C14H13Br2N3O2/c1-21-11-5-3-2-4-10(11)19-13(14(17)20)12-9(16)6-8(15)7-18-12/h2-7,13,19H,1H3,(H2,17,20). The summed E-state index contributed by atoms with van der Waals surface area (Å²) in [6.45, 7) is 0. The van der Waals surface area contributed by atoms with Crippen molar-refractivity contribution >= 4 is 43.5 Å². The number of methoxy groups -OCH3 is 1. The number of nitrogens with zero attached hydrogens (tertiary/aromatic N) is 1. The van der Waals surface area contributed by atoms with Crippen LogP contribution in [0.15, 0.2) is 45.5 Å². The van der Waals surface area contributed by atoms with Gasteiger partial charge in [-0.3, -0.25) is 9.78 Å². The normalized spacial score (nSPS) is 11.8. The van der Waals surface area contributed by atoms with Crippen molar-refractivity contribution in [2.75, 3.05) is 12.4 Å². The summed E-state index contributed by atoms with van der Waals surface area (Å²) in [4.78, 5) is 16.0. The molecule has 1 unspecified atom stereocenters. The molecule has 0 radical (unpaired) electrons. The van der Waals surface area contributed by atoms with Gasteiger partial charge in [0.25, 0.3) is 0 Å². The van der Waals surface area contributed by atoms with E-state index in [9.17, 15) is 4.79 Å². The molecule has 0 saturated carbocycles. The van der Waals surface area contributed by atoms with Crippen LogP contribution in [0.4, 0.5) is 5.69 Å². The molecule has 110 valence electrons. The smallest absolute Gasteiger partial charge is 0.246 e. The van der Waals surface area contributed by atoms with Gasteiger partial charge in [0.1, 0.15) is 11.8 Å². The van der Waals surface area contributed by atoms with Crippen molar-refractivity contribution in [2.24, 2.45) is 5.73 Å². The van der Waals surface area contributed by atoms with Gasteiger partial charge in [-0.05, 0) is 50.1 Å². The van der Waals surface area contributed by atoms with Gasteiger partial charge in [-0.15, -0.1) is 0 Å². The highest BCUT2D eigenvalue weighted by molar-refractivity contribution is 9.11. The minimum atomic E-state index is -0.774. The first-order valence-electron chi connectivity index (χ1n) is 6.02. The van der Waals surface area contributed by atoms with E-state index in [0.29, 0.717) is 21.6 Å². The largest absolute Gasteiger partial charge is 0.495 e. The first kappa shape index (κ1) is 15.8. The van der Waals surface area contributed by atoms with Gasteiger partial charge in [0.05, 0.1) is 18.5 Å². The lowest BCUT2D eigenvalue weighted by atomic mass is 10.1. The Bertz CT molecular complexity index is 664. The third-order valence-electron chi connectivity index (χ3n) is 2.80. The van der Waals surface area contributed by atoms with Crippen LogP contribution in [0, 0.1) is 0 Å². The maximum absolute atomic E-state index is 11.8. The molecule has 2 aromatic rings. The minimum absolute atomic E-state index is 0.511. The van der Waals surface area contributed by atoms with Crippen LogP contribution in [-0.2, 0) is 4.79 Å². The molecule has 0 aliphatic heterocycles. The topological polar surface area (TPSA) is 77.2 Å². The van der Waals surface area contributed by atoms with Gasteiger partial charge in [0, 0.05) is 15.1 Å². The maximum Gasteiger partial charge on any atom is 0.246 e. The summed E-state index contributed by atoms with van der Waals surface area (Å²) in [5.74, 6) is 0.0911. The average molecular weight is 415 g/mol. The molecule has 0 saturated heterocycles. The SMILES string of the molecule is COc1ccccc1NC(C(N)=O)c1ncc(Br)cc1Br. The van der Waals surface area contributed by atoms with E-state index in [1.165, 1.54) is 0 Å². The second kappa shape index (κ2) is 6.91. The average Bonchev–Trinajstić information content (AvgIpc) is 2.45. The molecule has 0 aliphatic rings. The summed E-state index contributed by atoms with van der Waals surface area (Å²) in [7, 11) is 1.56. The lowest BCUT2D eigenvalue weighted by molar-refractivity contribution is -0.118. The zero-order chi connectivity index (χ0) is 15.4. The van der Waals surface area contributed by atoms with Crippen LogP contribution in [0.1, 0.15) is 11.7 Å². The van der Waals surface area contributed by atoms with Crippen LogP contribution in [0.3, 0.4) is 0 Å². The first-order chi connectivity index (χ1) is 10.0. The van der Waals surface area contributed by atoms with Crippen molar-refractivity contribution < 1.29 is 9.53 Å². The number of nitrogens with two attached hydrogens (primary N) is 1. The van der Waals surface area contributed by atoms with Crippen LogP contribution >= 0.6 is 31.9 Å². The van der Waals surface area contributed by atoms with E-state index in [2.05, 4.69) is 42.2 Å². The lowest BCUT2D eigenvalue weighted by Crippen LogP contribution is -2.29. The number of halogens is 2. The predicted octanol–water partition coefficient (Wildman–Crippen LogP) is 3.25. The molecule has 21 heavy (non-hydrogen) atoms. The minimum Gasteiger partial charge on any atom is -0.495 e. The highest BCUT2D eigenvalue weighted by Crippen LogP contribution is 2.30. The summed E-state index contributed by atoms with van der Waals surface area (Å²) < 4.78 is 6.74. The van der Waals surface area contributed by atoms with Crippen molar-refractivity contribution in [3.8, 4) is 5.75 Å². The highest BCUT2D eigenvalue weighted by atomic mass is 79.9. The van der Waals surface area contributed by atoms with Gasteiger partial charge in [0.15, 0.2) is 0 Å². The third-order valence-corrected chi connectivity index (χ3v) is 3.87. The van der Waals surface area contributed by atoms with Gasteiger partial charge < -0.3 is 15.8 Å². The van der Waals surface area contributed by atoms with Crippen molar-refractivity contribution in [1.82, 2.24) is 4.98 Å². The number of carbonyl (C=O) groups is 1. The number of para-hydroxylation sites is 2. The first-order valence-corrected chi connectivity index (χ1v) is 7.61. The summed E-state index contributed by atoms with van der Waals surface area (Å²) in [5, 5.41) is 3.07. The molecule has 0 aliphatic carbocycles. The Kier molecular flexibility index (Phi) is 5.19. The Balaban J connectivity index is 2.38. The van der Waals surface area contributed by atoms with Crippen LogP contribution in [0.25, 0.3) is 0 Å². The molecule has 0 bridgehead atoms. The number of benzene rings is 1. The molecule has 7 heteroatoms. The molecule has 1 aromatic heterocycles. The van der Waals surface area contributed by atoms with E-state index in [1.807, 2.05) is 24.3 Å². The predicted molar refractivity (Wildman–Crippen MR) is 88.2 cm³/mol. The number of hydrogen-bond donors (Lipinski definition) is 2. The number of ether oxygens (including phenoxy) is 1. The van der Waals surface area contributed by atoms with E-state index in [-0.39, 0.29) is 0 Å². The van der Waals surface area contributed by atoms with Gasteiger partial charge in [-0.2, -0.15) is 0 Å². The number of primary amides is 1. The monoisotopic (exact) mass is 413 g/mol. The van der Waals surface area contributed by atoms with E-state index in [0.717, 1.165) is 4.47 Å². The molecule has 1 amide bonds. The number of amides is 1. The molecule has 1 atom stereocenters. The van der Waals surface area contributed by atoms with Crippen molar-refractivity contribution in [2.45, 2.75) is 6.04 Å². The fourth-order valence-electron chi connectivity index (χ4n) is 1.83. The molecule has 5 nitrogen and oxygen atoms in total. The van der Waals surface area contributed by atoms with E-state index < -0.39 is 11.9 Å². The van der Waals surface area contributed by atoms with Crippen LogP contribution in [-0.4, -0.2) is 18.0 Å². The van der Waals surface area contributed by atoms with E-state index >= 15 is 0 Å². The lowest BCUT2D eigenvalue weighted by Gasteiger charge is -2.19. The fourth-order valence-corrected chi connectivity index (χ4v) is 3.05. The van der Waals surface area contributed by atoms with Crippen LogP contribution < -0.4 is 15.8 Å². The fraction of sp³-hybridized carbons (Fsp3) is 0.143. The van der Waals surface area contributed by atoms with Gasteiger partial charge in [0.2, 0.25) is 5.91 Å². The second-order valence-electron chi connectivity index (χ2n) is 4.20. The zero-order valence-corrected chi connectivity index (χ0v) is 14.3. The zero-order valence-electron chi connectivity index (χ0n) is 11.1. The molecule has 0 fully saturated rings. The van der Waals surface area contributed by atoms with Gasteiger partial charge >= 0.3 is 0 Å². The third kappa shape index (κ3) is 3.74. The van der Waals surface area contributed by atoms with Crippen molar-refractivity contribution in [1.29, 1.82) is 0 Å². The molecule has 1 aromatic carbocycles. The van der Waals surface area contributed by atoms with Crippen LogP contribution in [0.2, 0.25) is 0 Å². The number of rotatable bonds is 5. The Labute approximate surface area is 139 Å². The number of hydrogen-bond acceptors (Lipinski definition) is 4. The molecule has 0 spiro atoms. The Morgan fingerprint density at radius 2 is 2.10 bits per heavy atom. The van der Waals surface area contributed by atoms with E-state index in [4.69, 9.17) is 10.5 Å². The quantitative estimate of drug-likeness (QED) is 0.787. The summed E-state index contributed by atoms with van der Waals surface area (Å²) in [6.07, 6.45) is 1.61. The molecule has 1 heterocycles. The van der Waals surface area contributed by atoms with E-state index in [1.54, 1.807) is 19.4 Å². The van der Waals surface area contributed by atoms with Crippen molar-refractivity contribution in [3.63, 3.8) is 0 Å². The number of carbonyl (C=O) groups excluding carboxylic acids is 1. The highest BCUT2D eigenvalue weighted by Gasteiger charge is 2.23.